The maximum atomic E-state index is 13.6. The predicted molar refractivity (Wildman–Crippen MR) is 250 cm³/mol. The van der Waals surface area contributed by atoms with E-state index in [1.165, 1.54) is 16.8 Å². The molecule has 0 saturated carbocycles. The maximum Gasteiger partial charge on any atom is 0.270 e. The van der Waals surface area contributed by atoms with Gasteiger partial charge >= 0.3 is 0 Å². The molecule has 22 heteroatoms. The summed E-state index contributed by atoms with van der Waals surface area (Å²) in [6.45, 7) is 6.39. The van der Waals surface area contributed by atoms with Crippen molar-refractivity contribution in [1.82, 2.24) is 46.2 Å². The highest BCUT2D eigenvalue weighted by molar-refractivity contribution is 7.85. The second-order valence-electron chi connectivity index (χ2n) is 18.5. The van der Waals surface area contributed by atoms with Crippen LogP contribution in [0.3, 0.4) is 0 Å². The lowest BCUT2D eigenvalue weighted by atomic mass is 10.1. The Labute approximate surface area is 391 Å². The number of likely N-dealkylation sites (N-methyl/N-ethyl adjacent to an activating group) is 1. The lowest BCUT2D eigenvalue weighted by Gasteiger charge is -2.31. The van der Waals surface area contributed by atoms with Gasteiger partial charge in [-0.2, -0.15) is 13.5 Å². The first kappa shape index (κ1) is 50.2. The highest BCUT2D eigenvalue weighted by Crippen LogP contribution is 2.24. The fraction of sp³-hybridized carbons (Fsp3) is 0.511. The summed E-state index contributed by atoms with van der Waals surface area (Å²) in [6.07, 6.45) is 7.00. The van der Waals surface area contributed by atoms with Crippen LogP contribution < -0.4 is 26.3 Å². The number of carbonyl (C=O) groups excluding carboxylic acids is 4. The van der Waals surface area contributed by atoms with Crippen LogP contribution in [0, 0.1) is 0 Å². The van der Waals surface area contributed by atoms with Gasteiger partial charge in [-0.3, -0.25) is 23.7 Å². The van der Waals surface area contributed by atoms with Crippen molar-refractivity contribution < 1.29 is 41.1 Å². The van der Waals surface area contributed by atoms with E-state index in [-0.39, 0.29) is 54.1 Å². The van der Waals surface area contributed by atoms with Crippen LogP contribution in [0.4, 0.5) is 5.69 Å². The van der Waals surface area contributed by atoms with E-state index in [0.717, 1.165) is 54.4 Å². The molecule has 3 aliphatic rings. The van der Waals surface area contributed by atoms with Gasteiger partial charge in [-0.25, -0.2) is 19.7 Å². The van der Waals surface area contributed by atoms with Crippen molar-refractivity contribution in [2.24, 2.45) is 10.3 Å². The molecule has 5 N–H and O–H groups in total. The normalized spacial score (nSPS) is 17.2. The maximum absolute atomic E-state index is 13.6. The Morgan fingerprint density at radius 2 is 1.21 bits per heavy atom. The molecule has 1 aromatic carbocycles. The lowest BCUT2D eigenvalue weighted by molar-refractivity contribution is -0.903. The number of carbonyl (C=O) groups is 4. The second kappa shape index (κ2) is 22.5. The Kier molecular flexibility index (Phi) is 16.9. The highest BCUT2D eigenvalue weighted by Gasteiger charge is 2.30. The molecule has 0 unspecified atom stereocenters. The number of hydrogen-bond acceptors (Lipinski definition) is 13. The van der Waals surface area contributed by atoms with Gasteiger partial charge in [-0.15, -0.1) is 5.10 Å². The number of hydrogen-bond donors (Lipinski definition) is 5. The molecule has 6 heterocycles. The SMILES string of the molecule is CCCC[N+](C)(C)C[C@H]1CN(c2cc3nc(c2)C(=O)NCc2ccc(cc2)CNC(=O)c2cc(-n4cc(C[N+](C)(C)CCCS(=O)(=O)O)nn4)cc(n2)C(=O)NCCCCCCNC3=O)N=N1. The molecule has 67 heavy (non-hydrogen) atoms. The summed E-state index contributed by atoms with van der Waals surface area (Å²) in [5.41, 5.74) is 3.24. The zero-order valence-electron chi connectivity index (χ0n) is 39.1. The number of anilines is 1. The van der Waals surface area contributed by atoms with Crippen LogP contribution in [0.1, 0.15) is 111 Å². The fourth-order valence-corrected chi connectivity index (χ4v) is 8.38. The zero-order valence-corrected chi connectivity index (χ0v) is 39.9. The van der Waals surface area contributed by atoms with Gasteiger partial charge in [0.15, 0.2) is 0 Å². The average molecular weight is 945 g/mol. The summed E-state index contributed by atoms with van der Waals surface area (Å²) in [6, 6.07) is 13.6. The van der Waals surface area contributed by atoms with Crippen molar-refractivity contribution in [3.63, 3.8) is 0 Å². The average Bonchev–Trinajstić information content (AvgIpc) is 3.96. The van der Waals surface area contributed by atoms with Crippen molar-refractivity contribution >= 4 is 39.4 Å². The van der Waals surface area contributed by atoms with Gasteiger partial charge in [0.05, 0.1) is 71.1 Å². The first-order chi connectivity index (χ1) is 31.8. The van der Waals surface area contributed by atoms with E-state index in [1.54, 1.807) is 23.3 Å². The van der Waals surface area contributed by atoms with E-state index in [0.29, 0.717) is 67.1 Å². The van der Waals surface area contributed by atoms with Crippen LogP contribution in [0.15, 0.2) is 65.1 Å². The van der Waals surface area contributed by atoms with E-state index in [9.17, 15) is 27.6 Å². The van der Waals surface area contributed by atoms with E-state index >= 15 is 0 Å². The van der Waals surface area contributed by atoms with Gasteiger partial charge in [-0.1, -0.05) is 60.9 Å². The predicted octanol–water partition coefficient (Wildman–Crippen LogP) is 3.24. The fourth-order valence-electron chi connectivity index (χ4n) is 7.89. The summed E-state index contributed by atoms with van der Waals surface area (Å²) in [5.74, 6) is -2.21. The Bertz CT molecular complexity index is 2530. The summed E-state index contributed by atoms with van der Waals surface area (Å²) in [5, 5.41) is 30.9. The smallest absolute Gasteiger partial charge is 0.270 e. The van der Waals surface area contributed by atoms with Gasteiger partial charge in [0, 0.05) is 32.6 Å². The van der Waals surface area contributed by atoms with E-state index in [1.807, 2.05) is 38.4 Å². The molecular formula is C45H64N14O7S+2. The number of nitrogens with one attached hydrogen (secondary N) is 4. The third-order valence-corrected chi connectivity index (χ3v) is 12.3. The van der Waals surface area contributed by atoms with Crippen LogP contribution in [-0.2, 0) is 29.8 Å². The molecule has 4 aromatic rings. The molecule has 0 aliphatic carbocycles. The Hall–Kier alpha value is -6.23. The minimum atomic E-state index is -4.08. The largest absolute Gasteiger partial charge is 0.351 e. The highest BCUT2D eigenvalue weighted by atomic mass is 32.2. The summed E-state index contributed by atoms with van der Waals surface area (Å²) in [4.78, 5) is 63.2. The molecule has 21 nitrogen and oxygen atoms in total. The monoisotopic (exact) mass is 944 g/mol. The number of quaternary nitrogens is 2. The third-order valence-electron chi connectivity index (χ3n) is 11.5. The van der Waals surface area contributed by atoms with Gasteiger partial charge in [-0.05, 0) is 54.7 Å². The van der Waals surface area contributed by atoms with E-state index < -0.39 is 33.7 Å². The number of pyridine rings is 2. The molecule has 4 amide bonds. The minimum Gasteiger partial charge on any atom is -0.351 e. The first-order valence-corrected chi connectivity index (χ1v) is 24.4. The Balaban J connectivity index is 1.17. The quantitative estimate of drug-likeness (QED) is 0.0957. The number of nitrogens with zero attached hydrogens (tertiary/aromatic N) is 10. The number of rotatable bonds is 13. The van der Waals surface area contributed by atoms with Gasteiger partial charge < -0.3 is 30.2 Å². The number of aromatic nitrogens is 5. The molecule has 360 valence electrons. The Morgan fingerprint density at radius 1 is 0.701 bits per heavy atom. The van der Waals surface area contributed by atoms with Crippen LogP contribution in [-0.4, -0.2) is 150 Å². The summed E-state index contributed by atoms with van der Waals surface area (Å²) < 4.78 is 34.2. The summed E-state index contributed by atoms with van der Waals surface area (Å²) in [7, 11) is 4.11. The van der Waals surface area contributed by atoms with Crippen molar-refractivity contribution in [1.29, 1.82) is 0 Å². The van der Waals surface area contributed by atoms with E-state index in [2.05, 4.69) is 72.9 Å². The standard InChI is InChI=1S/C45H62N14O7S/c1-6-7-19-58(2,3)30-34-28-56(54-52-34)36-22-38-42(60)46-17-10-8-9-11-18-47-43(61)39-23-37(57-29-35(53-55-57)31-59(4,5)20-12-21-67(64,65)66)25-41(51-39)45(63)49-27-33-15-13-32(14-16-33)26-48-44(62)40(24-36)50-38/h13-16,22-25,29,34H,6-12,17-21,26-28,30-31H2,1-5H3,(H3-2,46,47,48,49,60,61,62,63,64,65,66)/p+2/t34-/m1/s1. The molecule has 0 radical (unpaired) electrons. The lowest BCUT2D eigenvalue weighted by Crippen LogP contribution is -2.46. The van der Waals surface area contributed by atoms with Crippen LogP contribution in [0.25, 0.3) is 5.69 Å². The van der Waals surface area contributed by atoms with Crippen LogP contribution in [0.5, 0.6) is 0 Å². The summed E-state index contributed by atoms with van der Waals surface area (Å²) >= 11 is 0. The molecule has 6 bridgehead atoms. The number of amides is 4. The molecule has 1 atom stereocenters. The van der Waals surface area contributed by atoms with Crippen LogP contribution >= 0.6 is 0 Å². The number of benzene rings is 1. The third kappa shape index (κ3) is 15.4. The minimum absolute atomic E-state index is 0.00985. The van der Waals surface area contributed by atoms with Crippen molar-refractivity contribution in [2.75, 3.05) is 78.2 Å². The van der Waals surface area contributed by atoms with Gasteiger partial charge in [0.2, 0.25) is 0 Å². The second-order valence-corrected chi connectivity index (χ2v) is 20.1. The molecule has 0 spiro atoms. The molecule has 7 rings (SSSR count). The van der Waals surface area contributed by atoms with E-state index in [4.69, 9.17) is 4.55 Å². The number of fused-ring (bicyclic) bond motifs is 15. The van der Waals surface area contributed by atoms with Crippen LogP contribution in [0.2, 0.25) is 0 Å². The van der Waals surface area contributed by atoms with Crippen molar-refractivity contribution in [3.05, 3.63) is 94.3 Å². The Morgan fingerprint density at radius 3 is 1.73 bits per heavy atom. The van der Waals surface area contributed by atoms with Gasteiger partial charge in [0.25, 0.3) is 33.7 Å². The van der Waals surface area contributed by atoms with Crippen molar-refractivity contribution in [2.45, 2.75) is 77.5 Å². The number of unbranched alkanes of at least 4 members (excludes halogenated alkanes) is 1. The molecule has 0 fully saturated rings. The molecular weight excluding hydrogens is 881 g/mol. The van der Waals surface area contributed by atoms with Crippen molar-refractivity contribution in [3.8, 4) is 5.69 Å². The first-order valence-electron chi connectivity index (χ1n) is 22.8. The molecule has 3 aromatic heterocycles. The molecule has 3 aliphatic heterocycles. The van der Waals surface area contributed by atoms with Gasteiger partial charge in [0.1, 0.15) is 47.6 Å². The zero-order chi connectivity index (χ0) is 48.2. The topological polar surface area (TPSA) is 255 Å². The molecule has 0 saturated heterocycles.